The van der Waals surface area contributed by atoms with Crippen molar-refractivity contribution in [2.75, 3.05) is 0 Å². The van der Waals surface area contributed by atoms with Crippen LogP contribution in [0, 0.1) is 17.8 Å². The van der Waals surface area contributed by atoms with E-state index in [-0.39, 0.29) is 17.0 Å². The van der Waals surface area contributed by atoms with Gasteiger partial charge in [0.15, 0.2) is 0 Å². The zero-order chi connectivity index (χ0) is 16.7. The summed E-state index contributed by atoms with van der Waals surface area (Å²) in [6.07, 6.45) is 8.82. The van der Waals surface area contributed by atoms with E-state index in [1.807, 2.05) is 0 Å². The molecule has 0 spiro atoms. The van der Waals surface area contributed by atoms with Crippen molar-refractivity contribution in [3.05, 3.63) is 35.4 Å². The van der Waals surface area contributed by atoms with Crippen LogP contribution in [0.15, 0.2) is 24.3 Å². The van der Waals surface area contributed by atoms with Crippen LogP contribution in [0.4, 0.5) is 0 Å². The van der Waals surface area contributed by atoms with Crippen molar-refractivity contribution in [2.45, 2.75) is 56.9 Å². The fraction of sp³-hybridized carbons (Fsp3) is 0.600. The largest absolute Gasteiger partial charge is 0.478 e. The summed E-state index contributed by atoms with van der Waals surface area (Å²) in [5.74, 6) is 1.74. The Bertz CT molecular complexity index is 614. The van der Waals surface area contributed by atoms with E-state index >= 15 is 0 Å². The van der Waals surface area contributed by atoms with Gasteiger partial charge in [-0.25, -0.2) is 4.79 Å². The van der Waals surface area contributed by atoms with E-state index in [1.165, 1.54) is 38.5 Å². The highest BCUT2D eigenvalue weighted by Gasteiger charge is 2.51. The molecule has 0 unspecified atom stereocenters. The summed E-state index contributed by atoms with van der Waals surface area (Å²) in [5.41, 5.74) is 1.39. The average molecular weight is 327 g/mol. The van der Waals surface area contributed by atoms with E-state index in [1.54, 1.807) is 24.3 Å². The molecule has 0 heterocycles. The van der Waals surface area contributed by atoms with Gasteiger partial charge >= 0.3 is 5.97 Å². The monoisotopic (exact) mass is 327 g/mol. The van der Waals surface area contributed by atoms with Crippen LogP contribution in [0.25, 0.3) is 0 Å². The number of carboxylic acid groups (broad SMARTS) is 1. The number of carbonyl (C=O) groups excluding carboxylic acids is 1. The summed E-state index contributed by atoms with van der Waals surface area (Å²) < 4.78 is 0. The molecule has 2 N–H and O–H groups in total. The third kappa shape index (κ3) is 3.06. The molecule has 0 aromatic heterocycles. The standard InChI is InChI=1S/C20H25NO3/c22-18(6-3-13-1-4-17(5-2-13)19(23)24)21-20-10-14-7-15(11-20)9-16(8-14)12-20/h1-2,4-5,14-16H,3,6-12H2,(H,21,22)(H,23,24). The van der Waals surface area contributed by atoms with E-state index < -0.39 is 5.97 Å². The van der Waals surface area contributed by atoms with Crippen LogP contribution in [0.2, 0.25) is 0 Å². The Morgan fingerprint density at radius 1 is 1.00 bits per heavy atom. The lowest BCUT2D eigenvalue weighted by Crippen LogP contribution is -2.59. The lowest BCUT2D eigenvalue weighted by atomic mass is 9.53. The van der Waals surface area contributed by atoms with Crippen molar-refractivity contribution >= 4 is 11.9 Å². The first kappa shape index (κ1) is 15.7. The number of carboxylic acids is 1. The topological polar surface area (TPSA) is 66.4 Å². The molecule has 4 aliphatic carbocycles. The number of rotatable bonds is 5. The zero-order valence-electron chi connectivity index (χ0n) is 14.0. The molecule has 0 aliphatic heterocycles. The number of amides is 1. The molecule has 0 saturated heterocycles. The van der Waals surface area contributed by atoms with E-state index in [0.717, 1.165) is 23.3 Å². The molecule has 5 rings (SSSR count). The molecule has 4 aliphatic rings. The highest BCUT2D eigenvalue weighted by molar-refractivity contribution is 5.87. The SMILES string of the molecule is O=C(CCc1ccc(C(=O)O)cc1)NC12CC3CC(CC(C3)C1)C2. The fourth-order valence-corrected chi connectivity index (χ4v) is 5.69. The van der Waals surface area contributed by atoms with Crippen molar-refractivity contribution in [3.8, 4) is 0 Å². The minimum absolute atomic E-state index is 0.0823. The van der Waals surface area contributed by atoms with Gasteiger partial charge in [-0.2, -0.15) is 0 Å². The smallest absolute Gasteiger partial charge is 0.335 e. The Morgan fingerprint density at radius 2 is 1.54 bits per heavy atom. The zero-order valence-corrected chi connectivity index (χ0v) is 14.0. The second-order valence-electron chi connectivity index (χ2n) is 8.25. The predicted molar refractivity (Wildman–Crippen MR) is 90.8 cm³/mol. The molecule has 0 atom stereocenters. The third-order valence-electron chi connectivity index (χ3n) is 6.28. The van der Waals surface area contributed by atoms with Gasteiger partial charge in [0, 0.05) is 12.0 Å². The van der Waals surface area contributed by atoms with Crippen molar-refractivity contribution < 1.29 is 14.7 Å². The molecule has 24 heavy (non-hydrogen) atoms. The highest BCUT2D eigenvalue weighted by atomic mass is 16.4. The molecule has 1 aromatic carbocycles. The van der Waals surface area contributed by atoms with E-state index in [4.69, 9.17) is 5.11 Å². The average Bonchev–Trinajstić information content (AvgIpc) is 2.51. The first-order chi connectivity index (χ1) is 11.5. The van der Waals surface area contributed by atoms with Gasteiger partial charge in [-0.1, -0.05) is 12.1 Å². The molecule has 1 amide bonds. The molecular weight excluding hydrogens is 302 g/mol. The van der Waals surface area contributed by atoms with E-state index in [2.05, 4.69) is 5.32 Å². The predicted octanol–water partition coefficient (Wildman–Crippen LogP) is 3.40. The third-order valence-corrected chi connectivity index (χ3v) is 6.28. The molecule has 4 heteroatoms. The molecule has 4 fully saturated rings. The van der Waals surface area contributed by atoms with Gasteiger partial charge in [0.1, 0.15) is 0 Å². The van der Waals surface area contributed by atoms with Crippen molar-refractivity contribution in [1.29, 1.82) is 0 Å². The molecule has 128 valence electrons. The number of aromatic carboxylic acids is 1. The minimum atomic E-state index is -0.916. The van der Waals surface area contributed by atoms with Crippen LogP contribution in [0.5, 0.6) is 0 Å². The lowest BCUT2D eigenvalue weighted by molar-refractivity contribution is -0.126. The van der Waals surface area contributed by atoms with Crippen molar-refractivity contribution in [3.63, 3.8) is 0 Å². The van der Waals surface area contributed by atoms with Gasteiger partial charge in [0.25, 0.3) is 0 Å². The summed E-state index contributed by atoms with van der Waals surface area (Å²) in [5, 5.41) is 12.3. The van der Waals surface area contributed by atoms with Gasteiger partial charge < -0.3 is 10.4 Å². The summed E-state index contributed by atoms with van der Waals surface area (Å²) in [6.45, 7) is 0. The molecule has 4 nitrogen and oxygen atoms in total. The maximum Gasteiger partial charge on any atom is 0.335 e. The van der Waals surface area contributed by atoms with Gasteiger partial charge in [0.2, 0.25) is 5.91 Å². The molecule has 4 saturated carbocycles. The van der Waals surface area contributed by atoms with Crippen LogP contribution in [-0.2, 0) is 11.2 Å². The quantitative estimate of drug-likeness (QED) is 0.871. The van der Waals surface area contributed by atoms with Gasteiger partial charge in [-0.3, -0.25) is 4.79 Å². The molecule has 0 radical (unpaired) electrons. The maximum absolute atomic E-state index is 12.5. The normalized spacial score (nSPS) is 33.4. The fourth-order valence-electron chi connectivity index (χ4n) is 5.69. The summed E-state index contributed by atoms with van der Waals surface area (Å²) in [4.78, 5) is 23.3. The Hall–Kier alpha value is -1.84. The Morgan fingerprint density at radius 3 is 2.04 bits per heavy atom. The van der Waals surface area contributed by atoms with Crippen molar-refractivity contribution in [2.24, 2.45) is 17.8 Å². The molecule has 4 bridgehead atoms. The Balaban J connectivity index is 1.33. The highest BCUT2D eigenvalue weighted by Crippen LogP contribution is 2.55. The van der Waals surface area contributed by atoms with Crippen LogP contribution in [0.1, 0.15) is 60.9 Å². The summed E-state index contributed by atoms with van der Waals surface area (Å²) in [6, 6.07) is 6.83. The first-order valence-corrected chi connectivity index (χ1v) is 9.15. The number of hydrogen-bond donors (Lipinski definition) is 2. The Kier molecular flexibility index (Phi) is 3.86. The van der Waals surface area contributed by atoms with Crippen LogP contribution in [0.3, 0.4) is 0 Å². The number of benzene rings is 1. The van der Waals surface area contributed by atoms with Crippen LogP contribution < -0.4 is 5.32 Å². The van der Waals surface area contributed by atoms with Gasteiger partial charge in [0.05, 0.1) is 5.56 Å². The van der Waals surface area contributed by atoms with Gasteiger partial charge in [-0.05, 0) is 80.4 Å². The summed E-state index contributed by atoms with van der Waals surface area (Å²) in [7, 11) is 0. The summed E-state index contributed by atoms with van der Waals surface area (Å²) >= 11 is 0. The van der Waals surface area contributed by atoms with E-state index in [9.17, 15) is 9.59 Å². The lowest BCUT2D eigenvalue weighted by Gasteiger charge is -2.56. The van der Waals surface area contributed by atoms with Crippen LogP contribution >= 0.6 is 0 Å². The second-order valence-corrected chi connectivity index (χ2v) is 8.25. The molecular formula is C20H25NO3. The van der Waals surface area contributed by atoms with Gasteiger partial charge in [-0.15, -0.1) is 0 Å². The van der Waals surface area contributed by atoms with Crippen LogP contribution in [-0.4, -0.2) is 22.5 Å². The first-order valence-electron chi connectivity index (χ1n) is 9.15. The van der Waals surface area contributed by atoms with Crippen molar-refractivity contribution in [1.82, 2.24) is 5.32 Å². The number of carbonyl (C=O) groups is 2. The number of hydrogen-bond acceptors (Lipinski definition) is 2. The number of nitrogens with one attached hydrogen (secondary N) is 1. The second kappa shape index (κ2) is 5.91. The molecule has 1 aromatic rings. The minimum Gasteiger partial charge on any atom is -0.478 e. The Labute approximate surface area is 142 Å². The van der Waals surface area contributed by atoms with E-state index in [0.29, 0.717) is 12.8 Å². The number of aryl methyl sites for hydroxylation is 1. The maximum atomic E-state index is 12.5.